The standard InChI is InChI=1S/C17H23N3O3/c1-18-8-7-15(17(18)22)19-9-11-20(12-10-19)16(21)13-3-5-14(23-2)6-4-13/h3-6,15H,7-12H2,1-2H3. The molecule has 23 heavy (non-hydrogen) atoms. The number of ether oxygens (including phenoxy) is 1. The first-order valence-corrected chi connectivity index (χ1v) is 8.02. The number of benzene rings is 1. The average molecular weight is 317 g/mol. The lowest BCUT2D eigenvalue weighted by atomic mass is 10.1. The van der Waals surface area contributed by atoms with Crippen LogP contribution in [0.1, 0.15) is 16.8 Å². The molecule has 1 unspecified atom stereocenters. The topological polar surface area (TPSA) is 53.1 Å². The molecule has 6 heteroatoms. The zero-order valence-corrected chi connectivity index (χ0v) is 13.7. The van der Waals surface area contributed by atoms with Gasteiger partial charge in [-0.1, -0.05) is 0 Å². The summed E-state index contributed by atoms with van der Waals surface area (Å²) >= 11 is 0. The van der Waals surface area contributed by atoms with Crippen LogP contribution in [0.15, 0.2) is 24.3 Å². The highest BCUT2D eigenvalue weighted by Gasteiger charge is 2.36. The van der Waals surface area contributed by atoms with Gasteiger partial charge in [-0.25, -0.2) is 0 Å². The molecule has 6 nitrogen and oxygen atoms in total. The highest BCUT2D eigenvalue weighted by atomic mass is 16.5. The summed E-state index contributed by atoms with van der Waals surface area (Å²) in [6, 6.07) is 7.19. The molecule has 2 heterocycles. The van der Waals surface area contributed by atoms with Crippen LogP contribution >= 0.6 is 0 Å². The van der Waals surface area contributed by atoms with Crippen molar-refractivity contribution < 1.29 is 14.3 Å². The van der Waals surface area contributed by atoms with Gasteiger partial charge in [0.15, 0.2) is 0 Å². The van der Waals surface area contributed by atoms with Gasteiger partial charge in [0.1, 0.15) is 5.75 Å². The van der Waals surface area contributed by atoms with Crippen molar-refractivity contribution in [2.24, 2.45) is 0 Å². The second-order valence-corrected chi connectivity index (χ2v) is 6.12. The number of methoxy groups -OCH3 is 1. The fourth-order valence-electron chi connectivity index (χ4n) is 3.30. The van der Waals surface area contributed by atoms with Gasteiger partial charge < -0.3 is 14.5 Å². The van der Waals surface area contributed by atoms with Crippen molar-refractivity contribution in [1.29, 1.82) is 0 Å². The largest absolute Gasteiger partial charge is 0.497 e. The number of nitrogens with zero attached hydrogens (tertiary/aromatic N) is 3. The third-order valence-corrected chi connectivity index (χ3v) is 4.78. The average Bonchev–Trinajstić information content (AvgIpc) is 2.94. The maximum atomic E-state index is 12.5. The number of hydrogen-bond acceptors (Lipinski definition) is 4. The first kappa shape index (κ1) is 15.8. The van der Waals surface area contributed by atoms with Gasteiger partial charge in [-0.2, -0.15) is 0 Å². The van der Waals surface area contributed by atoms with Crippen molar-refractivity contribution in [3.05, 3.63) is 29.8 Å². The van der Waals surface area contributed by atoms with E-state index in [1.54, 1.807) is 36.3 Å². The van der Waals surface area contributed by atoms with Gasteiger partial charge in [-0.3, -0.25) is 14.5 Å². The van der Waals surface area contributed by atoms with E-state index in [9.17, 15) is 9.59 Å². The zero-order chi connectivity index (χ0) is 16.4. The fraction of sp³-hybridized carbons (Fsp3) is 0.529. The van der Waals surface area contributed by atoms with E-state index in [4.69, 9.17) is 4.74 Å². The second kappa shape index (κ2) is 6.58. The molecule has 2 aliphatic rings. The Kier molecular flexibility index (Phi) is 4.52. The number of likely N-dealkylation sites (N-methyl/N-ethyl adjacent to an activating group) is 1. The molecule has 0 aliphatic carbocycles. The summed E-state index contributed by atoms with van der Waals surface area (Å²) in [5.41, 5.74) is 0.677. The van der Waals surface area contributed by atoms with Crippen molar-refractivity contribution in [2.75, 3.05) is 46.9 Å². The van der Waals surface area contributed by atoms with Crippen LogP contribution in [0.4, 0.5) is 0 Å². The number of hydrogen-bond donors (Lipinski definition) is 0. The van der Waals surface area contributed by atoms with Gasteiger partial charge >= 0.3 is 0 Å². The highest BCUT2D eigenvalue weighted by Crippen LogP contribution is 2.19. The SMILES string of the molecule is COc1ccc(C(=O)N2CCN(C3CCN(C)C3=O)CC2)cc1. The van der Waals surface area contributed by atoms with E-state index in [0.29, 0.717) is 18.7 Å². The number of piperazine rings is 1. The quantitative estimate of drug-likeness (QED) is 0.823. The summed E-state index contributed by atoms with van der Waals surface area (Å²) in [6.07, 6.45) is 0.891. The number of amides is 2. The van der Waals surface area contributed by atoms with E-state index >= 15 is 0 Å². The van der Waals surface area contributed by atoms with E-state index in [1.165, 1.54) is 0 Å². The Morgan fingerprint density at radius 3 is 2.26 bits per heavy atom. The summed E-state index contributed by atoms with van der Waals surface area (Å²) in [4.78, 5) is 30.5. The summed E-state index contributed by atoms with van der Waals surface area (Å²) < 4.78 is 5.12. The Morgan fingerprint density at radius 1 is 1.09 bits per heavy atom. The minimum atomic E-state index is -0.00163. The van der Waals surface area contributed by atoms with Gasteiger partial charge in [0.25, 0.3) is 5.91 Å². The van der Waals surface area contributed by atoms with Crippen LogP contribution in [0.25, 0.3) is 0 Å². The molecule has 3 rings (SSSR count). The van der Waals surface area contributed by atoms with Crippen LogP contribution < -0.4 is 4.74 Å². The van der Waals surface area contributed by atoms with Crippen LogP contribution in [0.3, 0.4) is 0 Å². The third-order valence-electron chi connectivity index (χ3n) is 4.78. The molecule has 124 valence electrons. The Balaban J connectivity index is 1.58. The lowest BCUT2D eigenvalue weighted by Gasteiger charge is -2.37. The number of carbonyl (C=O) groups is 2. The van der Waals surface area contributed by atoms with Crippen LogP contribution in [0.5, 0.6) is 5.75 Å². The molecule has 1 aromatic rings. The van der Waals surface area contributed by atoms with E-state index in [2.05, 4.69) is 4.90 Å². The lowest BCUT2D eigenvalue weighted by Crippen LogP contribution is -2.53. The van der Waals surface area contributed by atoms with Gasteiger partial charge in [0.2, 0.25) is 5.91 Å². The third kappa shape index (κ3) is 3.17. The van der Waals surface area contributed by atoms with Gasteiger partial charge in [0, 0.05) is 45.3 Å². The normalized spacial score (nSPS) is 22.5. The maximum absolute atomic E-state index is 12.5. The predicted molar refractivity (Wildman–Crippen MR) is 86.5 cm³/mol. The van der Waals surface area contributed by atoms with Crippen LogP contribution in [0.2, 0.25) is 0 Å². The van der Waals surface area contributed by atoms with Crippen molar-refractivity contribution in [2.45, 2.75) is 12.5 Å². The van der Waals surface area contributed by atoms with Gasteiger partial charge in [-0.05, 0) is 30.7 Å². The summed E-state index contributed by atoms with van der Waals surface area (Å²) in [5, 5.41) is 0. The molecule has 0 saturated carbocycles. The number of likely N-dealkylation sites (tertiary alicyclic amines) is 1. The molecule has 2 amide bonds. The van der Waals surface area contributed by atoms with Gasteiger partial charge in [-0.15, -0.1) is 0 Å². The molecule has 1 aromatic carbocycles. The lowest BCUT2D eigenvalue weighted by molar-refractivity contribution is -0.131. The molecule has 2 saturated heterocycles. The van der Waals surface area contributed by atoms with Crippen LogP contribution in [-0.4, -0.2) is 79.4 Å². The monoisotopic (exact) mass is 317 g/mol. The number of carbonyl (C=O) groups excluding carboxylic acids is 2. The predicted octanol–water partition coefficient (Wildman–Crippen LogP) is 0.684. The van der Waals surface area contributed by atoms with Crippen molar-refractivity contribution in [3.63, 3.8) is 0 Å². The van der Waals surface area contributed by atoms with Crippen LogP contribution in [0, 0.1) is 0 Å². The zero-order valence-electron chi connectivity index (χ0n) is 13.7. The second-order valence-electron chi connectivity index (χ2n) is 6.12. The first-order chi connectivity index (χ1) is 11.1. The molecule has 1 atom stereocenters. The van der Waals surface area contributed by atoms with E-state index < -0.39 is 0 Å². The summed E-state index contributed by atoms with van der Waals surface area (Å²) in [6.45, 7) is 3.67. The minimum absolute atomic E-state index is 0.00163. The summed E-state index contributed by atoms with van der Waals surface area (Å²) in [7, 11) is 3.46. The van der Waals surface area contributed by atoms with Crippen molar-refractivity contribution >= 4 is 11.8 Å². The van der Waals surface area contributed by atoms with E-state index in [1.807, 2.05) is 11.9 Å². The fourth-order valence-corrected chi connectivity index (χ4v) is 3.30. The smallest absolute Gasteiger partial charge is 0.253 e. The van der Waals surface area contributed by atoms with Crippen LogP contribution in [-0.2, 0) is 4.79 Å². The molecule has 0 radical (unpaired) electrons. The Labute approximate surface area is 136 Å². The number of rotatable bonds is 3. The molecular weight excluding hydrogens is 294 g/mol. The molecular formula is C17H23N3O3. The minimum Gasteiger partial charge on any atom is -0.497 e. The van der Waals surface area contributed by atoms with Crippen molar-refractivity contribution in [3.8, 4) is 5.75 Å². The van der Waals surface area contributed by atoms with E-state index in [-0.39, 0.29) is 17.9 Å². The molecule has 2 aliphatic heterocycles. The highest BCUT2D eigenvalue weighted by molar-refractivity contribution is 5.94. The maximum Gasteiger partial charge on any atom is 0.253 e. The van der Waals surface area contributed by atoms with Gasteiger partial charge in [0.05, 0.1) is 13.2 Å². The molecule has 0 spiro atoms. The Bertz CT molecular complexity index is 579. The first-order valence-electron chi connectivity index (χ1n) is 8.02. The summed E-state index contributed by atoms with van der Waals surface area (Å²) in [5.74, 6) is 0.998. The Morgan fingerprint density at radius 2 is 1.74 bits per heavy atom. The molecule has 0 N–H and O–H groups in total. The molecule has 2 fully saturated rings. The molecule has 0 bridgehead atoms. The van der Waals surface area contributed by atoms with E-state index in [0.717, 1.165) is 31.8 Å². The Hall–Kier alpha value is -2.08. The molecule has 0 aromatic heterocycles. The van der Waals surface area contributed by atoms with Crippen molar-refractivity contribution in [1.82, 2.24) is 14.7 Å².